The largest absolute Gasteiger partial charge is 0.0656 e. The van der Waals surface area contributed by atoms with Gasteiger partial charge in [-0.1, -0.05) is 60.8 Å². The van der Waals surface area contributed by atoms with Crippen molar-refractivity contribution in [3.63, 3.8) is 0 Å². The van der Waals surface area contributed by atoms with Gasteiger partial charge in [-0.2, -0.15) is 0 Å². The van der Waals surface area contributed by atoms with Crippen LogP contribution in [-0.4, -0.2) is 0 Å². The molecule has 0 amide bonds. The van der Waals surface area contributed by atoms with E-state index in [-0.39, 0.29) is 0 Å². The van der Waals surface area contributed by atoms with Crippen LogP contribution in [0.5, 0.6) is 0 Å². The summed E-state index contributed by atoms with van der Waals surface area (Å²) in [5.41, 5.74) is 0.583. The smallest absolute Gasteiger partial charge is 0.0359 e. The van der Waals surface area contributed by atoms with Gasteiger partial charge in [0.25, 0.3) is 0 Å². The van der Waals surface area contributed by atoms with Crippen LogP contribution in [0.2, 0.25) is 0 Å². The Bertz CT molecular complexity index is 47.1. The van der Waals surface area contributed by atoms with Crippen LogP contribution in [0.4, 0.5) is 0 Å². The van der Waals surface area contributed by atoms with Crippen molar-refractivity contribution >= 4 is 0 Å². The fourth-order valence-electron chi connectivity index (χ4n) is 0.250. The molecule has 0 aromatic carbocycles. The highest BCUT2D eigenvalue weighted by Gasteiger charge is 2.09. The van der Waals surface area contributed by atoms with Crippen LogP contribution >= 0.6 is 0 Å². The van der Waals surface area contributed by atoms with Crippen LogP contribution in [0, 0.1) is 5.41 Å². The Labute approximate surface area is 67.0 Å². The third kappa shape index (κ3) is 10.9. The maximum Gasteiger partial charge on any atom is -0.0359 e. The van der Waals surface area contributed by atoms with Gasteiger partial charge in [0.2, 0.25) is 0 Å². The second-order valence-electron chi connectivity index (χ2n) is 3.58. The molecule has 0 N–H and O–H groups in total. The Hall–Kier alpha value is 0. The summed E-state index contributed by atoms with van der Waals surface area (Å²) < 4.78 is 0. The SMILES string of the molecule is CCC.CCC(C)(C)CC. The van der Waals surface area contributed by atoms with E-state index in [9.17, 15) is 0 Å². The van der Waals surface area contributed by atoms with Crippen LogP contribution in [-0.2, 0) is 0 Å². The highest BCUT2D eigenvalue weighted by Crippen LogP contribution is 2.22. The van der Waals surface area contributed by atoms with Gasteiger partial charge in [-0.3, -0.25) is 0 Å². The molecule has 0 fully saturated rings. The molecule has 0 aliphatic rings. The monoisotopic (exact) mass is 144 g/mol. The van der Waals surface area contributed by atoms with E-state index in [1.54, 1.807) is 0 Å². The molecule has 0 atom stereocenters. The lowest BCUT2D eigenvalue weighted by atomic mass is 9.88. The van der Waals surface area contributed by atoms with Gasteiger partial charge in [0.15, 0.2) is 0 Å². The van der Waals surface area contributed by atoms with Gasteiger partial charge < -0.3 is 0 Å². The van der Waals surface area contributed by atoms with Crippen molar-refractivity contribution in [1.29, 1.82) is 0 Å². The number of rotatable bonds is 2. The van der Waals surface area contributed by atoms with Crippen molar-refractivity contribution in [1.82, 2.24) is 0 Å². The average molecular weight is 144 g/mol. The normalized spacial score (nSPS) is 10.2. The first-order valence-electron chi connectivity index (χ1n) is 4.54. The highest BCUT2D eigenvalue weighted by molar-refractivity contribution is 4.61. The van der Waals surface area contributed by atoms with Crippen molar-refractivity contribution in [2.45, 2.75) is 60.8 Å². The van der Waals surface area contributed by atoms with E-state index in [1.165, 1.54) is 19.3 Å². The molecule has 0 rings (SSSR count). The minimum Gasteiger partial charge on any atom is -0.0656 e. The lowest BCUT2D eigenvalue weighted by Gasteiger charge is -2.18. The molecule has 0 aliphatic carbocycles. The highest BCUT2D eigenvalue weighted by atomic mass is 14.1. The maximum absolute atomic E-state index is 2.30. The Morgan fingerprint density at radius 1 is 0.800 bits per heavy atom. The Morgan fingerprint density at radius 3 is 1.00 bits per heavy atom. The van der Waals surface area contributed by atoms with E-state index in [0.717, 1.165) is 0 Å². The van der Waals surface area contributed by atoms with Gasteiger partial charge in [-0.05, 0) is 5.41 Å². The minimum absolute atomic E-state index is 0.583. The zero-order valence-corrected chi connectivity index (χ0v) is 8.62. The minimum atomic E-state index is 0.583. The standard InChI is InChI=1S/C7H16.C3H8/c1-5-7(3,4)6-2;1-3-2/h5-6H2,1-4H3;3H2,1-2H3. The van der Waals surface area contributed by atoms with Gasteiger partial charge >= 0.3 is 0 Å². The average Bonchev–Trinajstić information content (AvgIpc) is 1.90. The Kier molecular flexibility index (Phi) is 9.00. The molecule has 0 aliphatic heterocycles. The second kappa shape index (κ2) is 7.11. The summed E-state index contributed by atoms with van der Waals surface area (Å²) in [6.45, 7) is 13.3. The molecular formula is C10H24. The third-order valence-corrected chi connectivity index (χ3v) is 1.91. The van der Waals surface area contributed by atoms with E-state index in [0.29, 0.717) is 5.41 Å². The summed E-state index contributed by atoms with van der Waals surface area (Å²) in [5.74, 6) is 0. The molecule has 0 radical (unpaired) electrons. The third-order valence-electron chi connectivity index (χ3n) is 1.91. The molecule has 0 nitrogen and oxygen atoms in total. The summed E-state index contributed by atoms with van der Waals surface area (Å²) in [5, 5.41) is 0. The molecule has 0 saturated carbocycles. The van der Waals surface area contributed by atoms with Crippen LogP contribution < -0.4 is 0 Å². The molecule has 64 valence electrons. The zero-order chi connectivity index (χ0) is 8.62. The van der Waals surface area contributed by atoms with Crippen molar-refractivity contribution < 1.29 is 0 Å². The van der Waals surface area contributed by atoms with Crippen molar-refractivity contribution in [3.8, 4) is 0 Å². The fraction of sp³-hybridized carbons (Fsp3) is 1.00. The predicted octanol–water partition coefficient (Wildman–Crippen LogP) is 4.25. The molecule has 0 aromatic rings. The molecule has 0 saturated heterocycles. The van der Waals surface area contributed by atoms with E-state index >= 15 is 0 Å². The first-order valence-corrected chi connectivity index (χ1v) is 4.54. The van der Waals surface area contributed by atoms with E-state index in [4.69, 9.17) is 0 Å². The van der Waals surface area contributed by atoms with Crippen LogP contribution in [0.1, 0.15) is 60.8 Å². The Balaban J connectivity index is 0. The van der Waals surface area contributed by atoms with Crippen LogP contribution in [0.3, 0.4) is 0 Å². The molecular weight excluding hydrogens is 120 g/mol. The van der Waals surface area contributed by atoms with Gasteiger partial charge in [-0.15, -0.1) is 0 Å². The topological polar surface area (TPSA) is 0 Å². The number of hydrogen-bond donors (Lipinski definition) is 0. The molecule has 0 heterocycles. The molecule has 0 heteroatoms. The summed E-state index contributed by atoms with van der Waals surface area (Å²) in [7, 11) is 0. The maximum atomic E-state index is 2.30. The fourth-order valence-corrected chi connectivity index (χ4v) is 0.250. The van der Waals surface area contributed by atoms with Gasteiger partial charge in [0.05, 0.1) is 0 Å². The molecule has 0 bridgehead atoms. The number of hydrogen-bond acceptors (Lipinski definition) is 0. The second-order valence-corrected chi connectivity index (χ2v) is 3.58. The Morgan fingerprint density at radius 2 is 1.00 bits per heavy atom. The first kappa shape index (κ1) is 12.7. The summed E-state index contributed by atoms with van der Waals surface area (Å²) in [6, 6.07) is 0. The van der Waals surface area contributed by atoms with Gasteiger partial charge in [0, 0.05) is 0 Å². The van der Waals surface area contributed by atoms with Crippen LogP contribution in [0.15, 0.2) is 0 Å². The molecule has 0 spiro atoms. The quantitative estimate of drug-likeness (QED) is 0.543. The van der Waals surface area contributed by atoms with Gasteiger partial charge in [0.1, 0.15) is 0 Å². The lowest BCUT2D eigenvalue weighted by Crippen LogP contribution is -2.05. The molecule has 10 heavy (non-hydrogen) atoms. The van der Waals surface area contributed by atoms with E-state index in [2.05, 4.69) is 41.5 Å². The van der Waals surface area contributed by atoms with E-state index < -0.39 is 0 Å². The summed E-state index contributed by atoms with van der Waals surface area (Å²) in [4.78, 5) is 0. The van der Waals surface area contributed by atoms with Crippen molar-refractivity contribution in [2.75, 3.05) is 0 Å². The molecule has 0 aromatic heterocycles. The predicted molar refractivity (Wildman–Crippen MR) is 50.3 cm³/mol. The van der Waals surface area contributed by atoms with Crippen molar-refractivity contribution in [3.05, 3.63) is 0 Å². The van der Waals surface area contributed by atoms with Crippen molar-refractivity contribution in [2.24, 2.45) is 5.41 Å². The summed E-state index contributed by atoms with van der Waals surface area (Å²) >= 11 is 0. The zero-order valence-electron chi connectivity index (χ0n) is 8.62. The van der Waals surface area contributed by atoms with E-state index in [1.807, 2.05) is 0 Å². The molecule has 0 unspecified atom stereocenters. The first-order chi connectivity index (χ1) is 4.54. The van der Waals surface area contributed by atoms with Gasteiger partial charge in [-0.25, -0.2) is 0 Å². The van der Waals surface area contributed by atoms with Crippen LogP contribution in [0.25, 0.3) is 0 Å². The lowest BCUT2D eigenvalue weighted by molar-refractivity contribution is 0.338. The summed E-state index contributed by atoms with van der Waals surface area (Å²) in [6.07, 6.45) is 3.84.